The first-order chi connectivity index (χ1) is 14.8. The summed E-state index contributed by atoms with van der Waals surface area (Å²) in [6.07, 6.45) is 0. The molecule has 1 saturated heterocycles. The molecule has 154 valence electrons. The van der Waals surface area contributed by atoms with Crippen molar-refractivity contribution in [2.75, 3.05) is 26.3 Å². The Hall–Kier alpha value is -2.74. The van der Waals surface area contributed by atoms with Gasteiger partial charge in [0.15, 0.2) is 5.01 Å². The van der Waals surface area contributed by atoms with Gasteiger partial charge in [-0.15, -0.1) is 0 Å². The Labute approximate surface area is 179 Å². The molecule has 0 saturated carbocycles. The van der Waals surface area contributed by atoms with Crippen LogP contribution < -0.4 is 4.74 Å². The van der Waals surface area contributed by atoms with Crippen LogP contribution in [-0.4, -0.2) is 45.8 Å². The standard InChI is InChI=1S/C23H24N4O2S/c1-17-7-5-6-10-20(17)29-16-21-25-27-19(15-26-11-13-28-14-12-26)22(24-23(27)30-21)18-8-3-2-4-9-18/h2-10H,11-16H2,1H3. The van der Waals surface area contributed by atoms with E-state index >= 15 is 0 Å². The van der Waals surface area contributed by atoms with Crippen LogP contribution in [0.3, 0.4) is 0 Å². The zero-order valence-corrected chi connectivity index (χ0v) is 17.8. The number of aryl methyl sites for hydroxylation is 1. The number of benzene rings is 2. The molecular formula is C23H24N4O2S. The largest absolute Gasteiger partial charge is 0.486 e. The first-order valence-electron chi connectivity index (χ1n) is 10.2. The molecule has 1 aliphatic rings. The molecule has 3 heterocycles. The zero-order chi connectivity index (χ0) is 20.3. The summed E-state index contributed by atoms with van der Waals surface area (Å²) in [6, 6.07) is 18.4. The van der Waals surface area contributed by atoms with Crippen molar-refractivity contribution in [1.82, 2.24) is 19.5 Å². The molecule has 0 amide bonds. The van der Waals surface area contributed by atoms with E-state index in [-0.39, 0.29) is 0 Å². The van der Waals surface area contributed by atoms with E-state index in [0.717, 1.165) is 71.1 Å². The van der Waals surface area contributed by atoms with Crippen molar-refractivity contribution in [2.45, 2.75) is 20.1 Å². The first kappa shape index (κ1) is 19.2. The number of morpholine rings is 1. The minimum atomic E-state index is 0.441. The highest BCUT2D eigenvalue weighted by molar-refractivity contribution is 7.16. The predicted octanol–water partition coefficient (Wildman–Crippen LogP) is 4.18. The smallest absolute Gasteiger partial charge is 0.213 e. The fourth-order valence-electron chi connectivity index (χ4n) is 3.69. The second kappa shape index (κ2) is 8.55. The molecule has 0 unspecified atom stereocenters. The van der Waals surface area contributed by atoms with Crippen LogP contribution in [0, 0.1) is 6.92 Å². The van der Waals surface area contributed by atoms with E-state index in [4.69, 9.17) is 19.6 Å². The Morgan fingerprint density at radius 2 is 1.80 bits per heavy atom. The Balaban J connectivity index is 1.46. The predicted molar refractivity (Wildman–Crippen MR) is 118 cm³/mol. The van der Waals surface area contributed by atoms with Crippen molar-refractivity contribution < 1.29 is 9.47 Å². The first-order valence-corrected chi connectivity index (χ1v) is 11.0. The fraction of sp³-hybridized carbons (Fsp3) is 0.304. The van der Waals surface area contributed by atoms with Gasteiger partial charge in [0, 0.05) is 25.2 Å². The number of aromatic nitrogens is 3. The highest BCUT2D eigenvalue weighted by Crippen LogP contribution is 2.29. The molecule has 0 aliphatic carbocycles. The normalized spacial score (nSPS) is 15.0. The number of para-hydroxylation sites is 1. The number of hydrogen-bond acceptors (Lipinski definition) is 6. The average molecular weight is 421 g/mol. The van der Waals surface area contributed by atoms with Crippen LogP contribution in [-0.2, 0) is 17.9 Å². The summed E-state index contributed by atoms with van der Waals surface area (Å²) in [7, 11) is 0. The van der Waals surface area contributed by atoms with Gasteiger partial charge in [0.25, 0.3) is 0 Å². The number of imidazole rings is 1. The van der Waals surface area contributed by atoms with Gasteiger partial charge >= 0.3 is 0 Å². The van der Waals surface area contributed by atoms with E-state index in [2.05, 4.69) is 42.2 Å². The molecule has 7 heteroatoms. The number of nitrogens with zero attached hydrogens (tertiary/aromatic N) is 4. The van der Waals surface area contributed by atoms with Crippen LogP contribution in [0.4, 0.5) is 0 Å². The minimum absolute atomic E-state index is 0.441. The van der Waals surface area contributed by atoms with Gasteiger partial charge in [0.1, 0.15) is 12.4 Å². The highest BCUT2D eigenvalue weighted by Gasteiger charge is 2.21. The average Bonchev–Trinajstić information content (AvgIpc) is 3.33. The molecule has 0 N–H and O–H groups in total. The van der Waals surface area contributed by atoms with Gasteiger partial charge in [-0.05, 0) is 18.6 Å². The summed E-state index contributed by atoms with van der Waals surface area (Å²) in [5, 5.41) is 5.78. The third kappa shape index (κ3) is 3.96. The summed E-state index contributed by atoms with van der Waals surface area (Å²) < 4.78 is 13.5. The third-order valence-electron chi connectivity index (χ3n) is 5.31. The van der Waals surface area contributed by atoms with Gasteiger partial charge in [0.2, 0.25) is 4.96 Å². The van der Waals surface area contributed by atoms with Crippen LogP contribution in [0.1, 0.15) is 16.3 Å². The van der Waals surface area contributed by atoms with Crippen molar-refractivity contribution in [3.63, 3.8) is 0 Å². The van der Waals surface area contributed by atoms with E-state index in [1.165, 1.54) is 0 Å². The van der Waals surface area contributed by atoms with Crippen LogP contribution in [0.25, 0.3) is 16.2 Å². The lowest BCUT2D eigenvalue weighted by Crippen LogP contribution is -2.36. The maximum Gasteiger partial charge on any atom is 0.213 e. The molecule has 30 heavy (non-hydrogen) atoms. The fourth-order valence-corrected chi connectivity index (χ4v) is 4.51. The van der Waals surface area contributed by atoms with Crippen molar-refractivity contribution in [1.29, 1.82) is 0 Å². The maximum atomic E-state index is 6.01. The Bertz CT molecular complexity index is 1130. The van der Waals surface area contributed by atoms with Crippen molar-refractivity contribution in [2.24, 2.45) is 0 Å². The number of hydrogen-bond donors (Lipinski definition) is 0. The summed E-state index contributed by atoms with van der Waals surface area (Å²) in [4.78, 5) is 8.26. The van der Waals surface area contributed by atoms with Gasteiger partial charge in [-0.1, -0.05) is 59.9 Å². The lowest BCUT2D eigenvalue weighted by atomic mass is 10.1. The Morgan fingerprint density at radius 3 is 2.60 bits per heavy atom. The molecule has 4 aromatic rings. The van der Waals surface area contributed by atoms with E-state index < -0.39 is 0 Å². The maximum absolute atomic E-state index is 6.01. The topological polar surface area (TPSA) is 51.9 Å². The van der Waals surface area contributed by atoms with Crippen molar-refractivity contribution in [3.05, 3.63) is 70.9 Å². The van der Waals surface area contributed by atoms with Crippen molar-refractivity contribution in [3.8, 4) is 17.0 Å². The molecular weight excluding hydrogens is 396 g/mol. The van der Waals surface area contributed by atoms with Gasteiger partial charge in [-0.25, -0.2) is 9.50 Å². The number of fused-ring (bicyclic) bond motifs is 1. The van der Waals surface area contributed by atoms with Crippen molar-refractivity contribution >= 4 is 16.3 Å². The quantitative estimate of drug-likeness (QED) is 0.468. The monoisotopic (exact) mass is 420 g/mol. The van der Waals surface area contributed by atoms with Crippen LogP contribution in [0.15, 0.2) is 54.6 Å². The highest BCUT2D eigenvalue weighted by atomic mass is 32.1. The third-order valence-corrected chi connectivity index (χ3v) is 6.19. The van der Waals surface area contributed by atoms with Crippen LogP contribution in [0.2, 0.25) is 0 Å². The molecule has 0 radical (unpaired) electrons. The molecule has 2 aromatic carbocycles. The van der Waals surface area contributed by atoms with Gasteiger partial charge in [-0.3, -0.25) is 4.90 Å². The van der Waals surface area contributed by atoms with Gasteiger partial charge < -0.3 is 9.47 Å². The molecule has 6 nitrogen and oxygen atoms in total. The Kier molecular flexibility index (Phi) is 5.48. The lowest BCUT2D eigenvalue weighted by Gasteiger charge is -2.26. The second-order valence-corrected chi connectivity index (χ2v) is 8.45. The SMILES string of the molecule is Cc1ccccc1OCc1nn2c(CN3CCOCC3)c(-c3ccccc3)nc2s1. The molecule has 2 aromatic heterocycles. The summed E-state index contributed by atoms with van der Waals surface area (Å²) >= 11 is 1.59. The lowest BCUT2D eigenvalue weighted by molar-refractivity contribution is 0.0335. The van der Waals surface area contributed by atoms with Gasteiger partial charge in [-0.2, -0.15) is 5.10 Å². The summed E-state index contributed by atoms with van der Waals surface area (Å²) in [6.45, 7) is 6.69. The van der Waals surface area contributed by atoms with Crippen LogP contribution in [0.5, 0.6) is 5.75 Å². The number of rotatable bonds is 6. The van der Waals surface area contributed by atoms with E-state index in [1.54, 1.807) is 11.3 Å². The molecule has 1 aliphatic heterocycles. The molecule has 1 fully saturated rings. The Morgan fingerprint density at radius 1 is 1.03 bits per heavy atom. The molecule has 5 rings (SSSR count). The molecule has 0 spiro atoms. The van der Waals surface area contributed by atoms with E-state index in [1.807, 2.05) is 28.8 Å². The van der Waals surface area contributed by atoms with Crippen LogP contribution >= 0.6 is 11.3 Å². The van der Waals surface area contributed by atoms with E-state index in [9.17, 15) is 0 Å². The summed E-state index contributed by atoms with van der Waals surface area (Å²) in [5.74, 6) is 0.892. The van der Waals surface area contributed by atoms with Gasteiger partial charge in [0.05, 0.1) is 24.6 Å². The zero-order valence-electron chi connectivity index (χ0n) is 17.0. The van der Waals surface area contributed by atoms with E-state index in [0.29, 0.717) is 6.61 Å². The summed E-state index contributed by atoms with van der Waals surface area (Å²) in [5.41, 5.74) is 4.37. The molecule has 0 atom stereocenters. The second-order valence-electron chi connectivity index (χ2n) is 7.41. The minimum Gasteiger partial charge on any atom is -0.486 e. The molecule has 0 bridgehead atoms. The number of ether oxygens (including phenoxy) is 2.